The van der Waals surface area contributed by atoms with E-state index in [0.29, 0.717) is 5.88 Å². The van der Waals surface area contributed by atoms with Crippen molar-refractivity contribution in [2.75, 3.05) is 7.11 Å². The molecule has 98 valence electrons. The van der Waals surface area contributed by atoms with Gasteiger partial charge in [-0.2, -0.15) is 4.98 Å². The molecule has 0 saturated carbocycles. The maximum absolute atomic E-state index is 5.14. The Kier molecular flexibility index (Phi) is 2.26. The molecule has 4 aromatic heterocycles. The lowest BCUT2D eigenvalue weighted by Crippen LogP contribution is -1.87. The average molecular weight is 264 g/mol. The third kappa shape index (κ3) is 1.56. The zero-order valence-corrected chi connectivity index (χ0v) is 10.9. The fraction of sp³-hybridized carbons (Fsp3) is 0.0667. The minimum atomic E-state index is 0.607. The van der Waals surface area contributed by atoms with Gasteiger partial charge in [-0.15, -0.1) is 0 Å². The molecule has 0 bridgehead atoms. The molecule has 4 aromatic rings. The van der Waals surface area contributed by atoms with E-state index in [4.69, 9.17) is 4.74 Å². The Hall–Kier alpha value is -2.82. The Balaban J connectivity index is 1.92. The fourth-order valence-corrected chi connectivity index (χ4v) is 2.42. The van der Waals surface area contributed by atoms with Crippen molar-refractivity contribution in [3.8, 4) is 17.0 Å². The van der Waals surface area contributed by atoms with Gasteiger partial charge in [-0.1, -0.05) is 0 Å². The first kappa shape index (κ1) is 11.0. The van der Waals surface area contributed by atoms with Gasteiger partial charge in [0.25, 0.3) is 0 Å². The Bertz CT molecular complexity index is 906. The summed E-state index contributed by atoms with van der Waals surface area (Å²) in [5.74, 6) is 0.607. The molecule has 0 aromatic carbocycles. The minimum absolute atomic E-state index is 0.607. The summed E-state index contributed by atoms with van der Waals surface area (Å²) in [6.07, 6.45) is 7.76. The Morgan fingerprint density at radius 2 is 2.15 bits per heavy atom. The number of hydrogen-bond acceptors (Lipinski definition) is 3. The predicted octanol–water partition coefficient (Wildman–Crippen LogP) is 2.89. The standard InChI is InChI=1S/C15H12N4O/c1-20-14-5-3-11-12(8-17-15(11)18-14)10-2-4-13-16-6-7-19(13)9-10/h2-9H,1H3,(H,17,18). The average Bonchev–Trinajstić information content (AvgIpc) is 3.11. The van der Waals surface area contributed by atoms with Crippen molar-refractivity contribution in [2.24, 2.45) is 0 Å². The van der Waals surface area contributed by atoms with Crippen LogP contribution in [-0.4, -0.2) is 26.5 Å². The van der Waals surface area contributed by atoms with E-state index >= 15 is 0 Å². The van der Waals surface area contributed by atoms with Crippen molar-refractivity contribution in [2.45, 2.75) is 0 Å². The van der Waals surface area contributed by atoms with Crippen LogP contribution >= 0.6 is 0 Å². The molecule has 0 radical (unpaired) electrons. The van der Waals surface area contributed by atoms with Gasteiger partial charge in [0.15, 0.2) is 0 Å². The number of nitrogens with one attached hydrogen (secondary N) is 1. The lowest BCUT2D eigenvalue weighted by atomic mass is 10.1. The molecular formula is C15H12N4O. The van der Waals surface area contributed by atoms with Crippen LogP contribution in [0.4, 0.5) is 0 Å². The summed E-state index contributed by atoms with van der Waals surface area (Å²) < 4.78 is 7.15. The lowest BCUT2D eigenvalue weighted by molar-refractivity contribution is 0.399. The highest BCUT2D eigenvalue weighted by Crippen LogP contribution is 2.29. The highest BCUT2D eigenvalue weighted by atomic mass is 16.5. The summed E-state index contributed by atoms with van der Waals surface area (Å²) in [6.45, 7) is 0. The number of fused-ring (bicyclic) bond motifs is 2. The van der Waals surface area contributed by atoms with Crippen molar-refractivity contribution in [3.63, 3.8) is 0 Å². The molecule has 5 heteroatoms. The van der Waals surface area contributed by atoms with Crippen LogP contribution < -0.4 is 4.74 Å². The molecule has 0 aliphatic carbocycles. The van der Waals surface area contributed by atoms with E-state index in [-0.39, 0.29) is 0 Å². The normalized spacial score (nSPS) is 11.2. The van der Waals surface area contributed by atoms with Crippen molar-refractivity contribution in [1.82, 2.24) is 19.4 Å². The van der Waals surface area contributed by atoms with Crippen LogP contribution in [0.1, 0.15) is 0 Å². The molecule has 0 atom stereocenters. The number of nitrogens with zero attached hydrogens (tertiary/aromatic N) is 3. The van der Waals surface area contributed by atoms with Gasteiger partial charge in [-0.25, -0.2) is 4.98 Å². The summed E-state index contributed by atoms with van der Waals surface area (Å²) >= 11 is 0. The SMILES string of the molecule is COc1ccc2c(-c3ccc4nccn4c3)c[nH]c2n1. The van der Waals surface area contributed by atoms with E-state index in [1.807, 2.05) is 35.0 Å². The molecule has 1 N–H and O–H groups in total. The molecule has 0 aliphatic heterocycles. The minimum Gasteiger partial charge on any atom is -0.481 e. The molecular weight excluding hydrogens is 252 g/mol. The van der Waals surface area contributed by atoms with Crippen molar-refractivity contribution < 1.29 is 4.74 Å². The number of ether oxygens (including phenoxy) is 1. The summed E-state index contributed by atoms with van der Waals surface area (Å²) in [7, 11) is 1.62. The van der Waals surface area contributed by atoms with Crippen molar-refractivity contribution >= 4 is 16.7 Å². The van der Waals surface area contributed by atoms with Crippen LogP contribution in [0.25, 0.3) is 27.8 Å². The molecule has 0 fully saturated rings. The summed E-state index contributed by atoms with van der Waals surface area (Å²) in [5, 5.41) is 1.07. The smallest absolute Gasteiger partial charge is 0.214 e. The second kappa shape index (κ2) is 4.09. The fourth-order valence-electron chi connectivity index (χ4n) is 2.42. The van der Waals surface area contributed by atoms with E-state index in [2.05, 4.69) is 27.2 Å². The maximum Gasteiger partial charge on any atom is 0.214 e. The van der Waals surface area contributed by atoms with Gasteiger partial charge in [0.2, 0.25) is 5.88 Å². The molecule has 5 nitrogen and oxygen atoms in total. The molecule has 0 saturated heterocycles. The summed E-state index contributed by atoms with van der Waals surface area (Å²) in [6, 6.07) is 7.96. The van der Waals surface area contributed by atoms with E-state index < -0.39 is 0 Å². The van der Waals surface area contributed by atoms with Gasteiger partial charge in [0.05, 0.1) is 7.11 Å². The van der Waals surface area contributed by atoms with Crippen LogP contribution in [0, 0.1) is 0 Å². The highest BCUT2D eigenvalue weighted by Gasteiger charge is 2.09. The molecule has 20 heavy (non-hydrogen) atoms. The van der Waals surface area contributed by atoms with Crippen LogP contribution in [0.2, 0.25) is 0 Å². The monoisotopic (exact) mass is 264 g/mol. The molecule has 0 spiro atoms. The molecule has 0 unspecified atom stereocenters. The number of H-pyrrole nitrogens is 1. The number of hydrogen-bond donors (Lipinski definition) is 1. The largest absolute Gasteiger partial charge is 0.481 e. The molecule has 0 aliphatic rings. The van der Waals surface area contributed by atoms with Gasteiger partial charge in [0.1, 0.15) is 11.3 Å². The van der Waals surface area contributed by atoms with E-state index in [9.17, 15) is 0 Å². The van der Waals surface area contributed by atoms with Crippen molar-refractivity contribution in [3.05, 3.63) is 49.1 Å². The topological polar surface area (TPSA) is 55.2 Å². The van der Waals surface area contributed by atoms with E-state index in [1.54, 1.807) is 13.3 Å². The van der Waals surface area contributed by atoms with Gasteiger partial charge < -0.3 is 14.1 Å². The van der Waals surface area contributed by atoms with E-state index in [1.165, 1.54) is 0 Å². The van der Waals surface area contributed by atoms with Crippen molar-refractivity contribution in [1.29, 1.82) is 0 Å². The Morgan fingerprint density at radius 1 is 1.20 bits per heavy atom. The Labute approximate surface area is 114 Å². The van der Waals surface area contributed by atoms with Gasteiger partial charge in [-0.05, 0) is 18.2 Å². The zero-order valence-electron chi connectivity index (χ0n) is 10.9. The predicted molar refractivity (Wildman–Crippen MR) is 76.8 cm³/mol. The zero-order chi connectivity index (χ0) is 13.5. The quantitative estimate of drug-likeness (QED) is 0.605. The number of aromatic nitrogens is 4. The number of rotatable bonds is 2. The van der Waals surface area contributed by atoms with Crippen LogP contribution in [0.15, 0.2) is 49.1 Å². The molecule has 4 heterocycles. The van der Waals surface area contributed by atoms with Crippen LogP contribution in [0.5, 0.6) is 5.88 Å². The number of methoxy groups -OCH3 is 1. The first-order chi connectivity index (χ1) is 9.85. The third-order valence-corrected chi connectivity index (χ3v) is 3.42. The summed E-state index contributed by atoms with van der Waals surface area (Å²) in [5.41, 5.74) is 4.00. The Morgan fingerprint density at radius 3 is 3.05 bits per heavy atom. The maximum atomic E-state index is 5.14. The highest BCUT2D eigenvalue weighted by molar-refractivity contribution is 5.93. The summed E-state index contributed by atoms with van der Waals surface area (Å²) in [4.78, 5) is 11.8. The van der Waals surface area contributed by atoms with Gasteiger partial charge in [0, 0.05) is 47.4 Å². The number of aromatic amines is 1. The second-order valence-corrected chi connectivity index (χ2v) is 4.56. The number of pyridine rings is 2. The third-order valence-electron chi connectivity index (χ3n) is 3.42. The van der Waals surface area contributed by atoms with Gasteiger partial charge >= 0.3 is 0 Å². The van der Waals surface area contributed by atoms with Crippen LogP contribution in [-0.2, 0) is 0 Å². The lowest BCUT2D eigenvalue weighted by Gasteiger charge is -2.02. The number of imidazole rings is 1. The molecule has 0 amide bonds. The van der Waals surface area contributed by atoms with Gasteiger partial charge in [-0.3, -0.25) is 0 Å². The van der Waals surface area contributed by atoms with E-state index in [0.717, 1.165) is 27.8 Å². The van der Waals surface area contributed by atoms with Crippen LogP contribution in [0.3, 0.4) is 0 Å². The second-order valence-electron chi connectivity index (χ2n) is 4.56. The first-order valence-corrected chi connectivity index (χ1v) is 6.30. The molecule has 4 rings (SSSR count). The first-order valence-electron chi connectivity index (χ1n) is 6.30.